The smallest absolute Gasteiger partial charge is 0.335 e. The Labute approximate surface area is 140 Å². The van der Waals surface area contributed by atoms with Gasteiger partial charge in [0.1, 0.15) is 0 Å². The molecule has 0 radical (unpaired) electrons. The number of carboxylic acids is 2. The SMILES string of the molecule is CC1(C)c2cccc(C(=O)O)c2CC1(C)c1cccc(C(=O)O)c1. The molecule has 0 bridgehead atoms. The summed E-state index contributed by atoms with van der Waals surface area (Å²) in [6, 6.07) is 12.4. The summed E-state index contributed by atoms with van der Waals surface area (Å²) in [5.74, 6) is -1.88. The number of aromatic carboxylic acids is 2. The summed E-state index contributed by atoms with van der Waals surface area (Å²) in [6.07, 6.45) is 0.570. The van der Waals surface area contributed by atoms with Crippen LogP contribution in [0, 0.1) is 0 Å². The Kier molecular flexibility index (Phi) is 3.52. The van der Waals surface area contributed by atoms with Gasteiger partial charge in [-0.1, -0.05) is 45.0 Å². The van der Waals surface area contributed by atoms with Crippen LogP contribution in [0.1, 0.15) is 58.2 Å². The minimum Gasteiger partial charge on any atom is -0.478 e. The van der Waals surface area contributed by atoms with Gasteiger partial charge in [0.15, 0.2) is 0 Å². The monoisotopic (exact) mass is 324 g/mol. The molecular formula is C20H20O4. The van der Waals surface area contributed by atoms with E-state index in [9.17, 15) is 19.8 Å². The van der Waals surface area contributed by atoms with Crippen molar-refractivity contribution in [1.82, 2.24) is 0 Å². The summed E-state index contributed by atoms with van der Waals surface area (Å²) in [5.41, 5.74) is 2.67. The molecule has 24 heavy (non-hydrogen) atoms. The van der Waals surface area contributed by atoms with Gasteiger partial charge in [-0.3, -0.25) is 0 Å². The molecule has 0 aliphatic heterocycles. The van der Waals surface area contributed by atoms with Crippen molar-refractivity contribution in [3.05, 3.63) is 70.3 Å². The molecule has 0 heterocycles. The lowest BCUT2D eigenvalue weighted by Crippen LogP contribution is -2.39. The Morgan fingerprint density at radius 3 is 2.25 bits per heavy atom. The summed E-state index contributed by atoms with van der Waals surface area (Å²) in [7, 11) is 0. The first-order valence-electron chi connectivity index (χ1n) is 7.88. The van der Waals surface area contributed by atoms with Gasteiger partial charge in [-0.15, -0.1) is 0 Å². The highest BCUT2D eigenvalue weighted by Gasteiger charge is 2.50. The fourth-order valence-electron chi connectivity index (χ4n) is 3.89. The maximum atomic E-state index is 11.6. The van der Waals surface area contributed by atoms with Gasteiger partial charge in [0, 0.05) is 5.41 Å². The van der Waals surface area contributed by atoms with Gasteiger partial charge in [0.25, 0.3) is 0 Å². The normalized spacial score (nSPS) is 21.3. The summed E-state index contributed by atoms with van der Waals surface area (Å²) in [5, 5.41) is 18.8. The van der Waals surface area contributed by atoms with Crippen LogP contribution in [-0.4, -0.2) is 22.2 Å². The van der Waals surface area contributed by atoms with Gasteiger partial charge in [0.2, 0.25) is 0 Å². The molecule has 0 aromatic heterocycles. The van der Waals surface area contributed by atoms with E-state index in [1.54, 1.807) is 30.3 Å². The van der Waals surface area contributed by atoms with Crippen LogP contribution in [0.4, 0.5) is 0 Å². The van der Waals surface area contributed by atoms with Crippen molar-refractivity contribution < 1.29 is 19.8 Å². The van der Waals surface area contributed by atoms with Crippen LogP contribution in [-0.2, 0) is 17.3 Å². The van der Waals surface area contributed by atoms with Crippen LogP contribution >= 0.6 is 0 Å². The Morgan fingerprint density at radius 1 is 0.958 bits per heavy atom. The van der Waals surface area contributed by atoms with E-state index in [0.717, 1.165) is 16.7 Å². The second kappa shape index (κ2) is 5.20. The summed E-state index contributed by atoms with van der Waals surface area (Å²) in [4.78, 5) is 22.9. The lowest BCUT2D eigenvalue weighted by atomic mass is 9.63. The molecule has 4 heteroatoms. The number of hydrogen-bond acceptors (Lipinski definition) is 2. The molecule has 3 rings (SSSR count). The average molecular weight is 324 g/mol. The number of rotatable bonds is 3. The molecule has 2 N–H and O–H groups in total. The Morgan fingerprint density at radius 2 is 1.62 bits per heavy atom. The molecule has 124 valence electrons. The highest BCUT2D eigenvalue weighted by atomic mass is 16.4. The van der Waals surface area contributed by atoms with Gasteiger partial charge < -0.3 is 10.2 Å². The zero-order valence-corrected chi connectivity index (χ0v) is 14.0. The lowest BCUT2D eigenvalue weighted by Gasteiger charge is -2.40. The minimum atomic E-state index is -0.958. The second-order valence-electron chi connectivity index (χ2n) is 7.16. The first-order chi connectivity index (χ1) is 11.2. The van der Waals surface area contributed by atoms with Crippen LogP contribution in [0.25, 0.3) is 0 Å². The van der Waals surface area contributed by atoms with Gasteiger partial charge >= 0.3 is 11.9 Å². The summed E-state index contributed by atoms with van der Waals surface area (Å²) >= 11 is 0. The lowest BCUT2D eigenvalue weighted by molar-refractivity contribution is 0.0685. The molecule has 0 saturated heterocycles. The van der Waals surface area contributed by atoms with Gasteiger partial charge in [-0.2, -0.15) is 0 Å². The van der Waals surface area contributed by atoms with Crippen molar-refractivity contribution in [1.29, 1.82) is 0 Å². The zero-order valence-electron chi connectivity index (χ0n) is 14.0. The number of carboxylic acid groups (broad SMARTS) is 2. The van der Waals surface area contributed by atoms with Gasteiger partial charge in [-0.05, 0) is 46.7 Å². The first-order valence-corrected chi connectivity index (χ1v) is 7.88. The second-order valence-corrected chi connectivity index (χ2v) is 7.16. The number of benzene rings is 2. The quantitative estimate of drug-likeness (QED) is 0.898. The first kappa shape index (κ1) is 16.2. The predicted octanol–water partition coefficient (Wildman–Crippen LogP) is 3.87. The molecule has 0 spiro atoms. The van der Waals surface area contributed by atoms with Crippen LogP contribution < -0.4 is 0 Å². The summed E-state index contributed by atoms with van der Waals surface area (Å²) in [6.45, 7) is 6.27. The molecular weight excluding hydrogens is 304 g/mol. The van der Waals surface area contributed by atoms with Crippen molar-refractivity contribution >= 4 is 11.9 Å². The number of hydrogen-bond donors (Lipinski definition) is 2. The average Bonchev–Trinajstić information content (AvgIpc) is 2.75. The van der Waals surface area contributed by atoms with E-state index in [2.05, 4.69) is 20.8 Å². The topological polar surface area (TPSA) is 74.6 Å². The van der Waals surface area contributed by atoms with Crippen LogP contribution in [0.15, 0.2) is 42.5 Å². The molecule has 4 nitrogen and oxygen atoms in total. The molecule has 1 aliphatic rings. The molecule has 0 saturated carbocycles. The Balaban J connectivity index is 2.20. The third-order valence-corrected chi connectivity index (χ3v) is 5.74. The molecule has 1 atom stereocenters. The van der Waals surface area contributed by atoms with E-state index in [-0.39, 0.29) is 16.4 Å². The molecule has 0 fully saturated rings. The zero-order chi connectivity index (χ0) is 17.7. The van der Waals surface area contributed by atoms with E-state index in [4.69, 9.17) is 0 Å². The Hall–Kier alpha value is -2.62. The Bertz CT molecular complexity index is 850. The summed E-state index contributed by atoms with van der Waals surface area (Å²) < 4.78 is 0. The van der Waals surface area contributed by atoms with Crippen LogP contribution in [0.5, 0.6) is 0 Å². The van der Waals surface area contributed by atoms with Crippen molar-refractivity contribution in [2.45, 2.75) is 38.0 Å². The number of fused-ring (bicyclic) bond motifs is 1. The largest absolute Gasteiger partial charge is 0.478 e. The molecule has 2 aromatic carbocycles. The maximum Gasteiger partial charge on any atom is 0.335 e. The number of carbonyl (C=O) groups is 2. The highest BCUT2D eigenvalue weighted by molar-refractivity contribution is 5.91. The van der Waals surface area contributed by atoms with Crippen molar-refractivity contribution in [2.75, 3.05) is 0 Å². The fraction of sp³-hybridized carbons (Fsp3) is 0.300. The molecule has 0 amide bonds. The molecule has 1 unspecified atom stereocenters. The van der Waals surface area contributed by atoms with E-state index in [1.807, 2.05) is 12.1 Å². The van der Waals surface area contributed by atoms with E-state index in [0.29, 0.717) is 12.0 Å². The fourth-order valence-corrected chi connectivity index (χ4v) is 3.89. The van der Waals surface area contributed by atoms with E-state index < -0.39 is 11.9 Å². The van der Waals surface area contributed by atoms with Crippen molar-refractivity contribution in [2.24, 2.45) is 0 Å². The van der Waals surface area contributed by atoms with Crippen LogP contribution in [0.3, 0.4) is 0 Å². The van der Waals surface area contributed by atoms with Crippen molar-refractivity contribution in [3.63, 3.8) is 0 Å². The van der Waals surface area contributed by atoms with E-state index >= 15 is 0 Å². The minimum absolute atomic E-state index is 0.249. The third kappa shape index (κ3) is 2.13. The standard InChI is InChI=1S/C20H20O4/c1-19(2)16-9-5-8-14(18(23)24)15(16)11-20(19,3)13-7-4-6-12(10-13)17(21)22/h4-10H,11H2,1-3H3,(H,21,22)(H,23,24). The van der Waals surface area contributed by atoms with Gasteiger partial charge in [0.05, 0.1) is 11.1 Å². The predicted molar refractivity (Wildman–Crippen MR) is 90.9 cm³/mol. The van der Waals surface area contributed by atoms with E-state index in [1.165, 1.54) is 0 Å². The molecule has 2 aromatic rings. The third-order valence-electron chi connectivity index (χ3n) is 5.74. The van der Waals surface area contributed by atoms with Gasteiger partial charge in [-0.25, -0.2) is 9.59 Å². The highest BCUT2D eigenvalue weighted by Crippen LogP contribution is 2.53. The maximum absolute atomic E-state index is 11.6. The van der Waals surface area contributed by atoms with Crippen LogP contribution in [0.2, 0.25) is 0 Å². The molecule has 1 aliphatic carbocycles. The van der Waals surface area contributed by atoms with Crippen molar-refractivity contribution in [3.8, 4) is 0 Å².